The summed E-state index contributed by atoms with van der Waals surface area (Å²) in [5.41, 5.74) is 0.643. The fraction of sp³-hybridized carbons (Fsp3) is 0.438. The number of amides is 1. The first-order valence-electron chi connectivity index (χ1n) is 6.96. The van der Waals surface area contributed by atoms with Crippen molar-refractivity contribution in [3.05, 3.63) is 47.0 Å². The Morgan fingerprint density at radius 1 is 1.11 bits per heavy atom. The summed E-state index contributed by atoms with van der Waals surface area (Å²) in [7, 11) is 0. The summed E-state index contributed by atoms with van der Waals surface area (Å²) in [5.74, 6) is 2.88. The molecule has 1 aromatic rings. The summed E-state index contributed by atoms with van der Waals surface area (Å²) in [4.78, 5) is 14.6. The third-order valence-corrected chi connectivity index (χ3v) is 5.38. The van der Waals surface area contributed by atoms with E-state index in [9.17, 15) is 4.79 Å². The molecule has 0 radical (unpaired) electrons. The molecule has 3 aliphatic rings. The second-order valence-corrected chi connectivity index (χ2v) is 6.37. The SMILES string of the molecule is O=C(c1ccccc1Cl)N1CC2C3C=CC(C3)C2C1. The number of rotatable bonds is 1. The fourth-order valence-electron chi connectivity index (χ4n) is 4.12. The van der Waals surface area contributed by atoms with Gasteiger partial charge in [0, 0.05) is 13.1 Å². The van der Waals surface area contributed by atoms with Gasteiger partial charge in [0.1, 0.15) is 0 Å². The molecule has 1 saturated heterocycles. The maximum Gasteiger partial charge on any atom is 0.255 e. The minimum atomic E-state index is 0.0967. The smallest absolute Gasteiger partial charge is 0.255 e. The van der Waals surface area contributed by atoms with Crippen LogP contribution in [0.5, 0.6) is 0 Å². The van der Waals surface area contributed by atoms with E-state index in [1.807, 2.05) is 23.1 Å². The van der Waals surface area contributed by atoms with Crippen molar-refractivity contribution in [2.45, 2.75) is 6.42 Å². The lowest BCUT2D eigenvalue weighted by Crippen LogP contribution is -2.30. The van der Waals surface area contributed by atoms with E-state index in [1.54, 1.807) is 6.07 Å². The Morgan fingerprint density at radius 2 is 1.74 bits per heavy atom. The summed E-state index contributed by atoms with van der Waals surface area (Å²) in [6.07, 6.45) is 6.02. The van der Waals surface area contributed by atoms with Crippen molar-refractivity contribution >= 4 is 17.5 Å². The van der Waals surface area contributed by atoms with Crippen molar-refractivity contribution in [1.29, 1.82) is 0 Å². The molecule has 1 amide bonds. The minimum Gasteiger partial charge on any atom is -0.338 e. The molecule has 2 bridgehead atoms. The van der Waals surface area contributed by atoms with Gasteiger partial charge < -0.3 is 4.90 Å². The predicted molar refractivity (Wildman–Crippen MR) is 75.1 cm³/mol. The Morgan fingerprint density at radius 3 is 2.37 bits per heavy atom. The van der Waals surface area contributed by atoms with Crippen LogP contribution in [0.1, 0.15) is 16.8 Å². The van der Waals surface area contributed by atoms with Gasteiger partial charge in [0.15, 0.2) is 0 Å². The molecule has 0 aromatic heterocycles. The molecule has 4 rings (SSSR count). The number of fused-ring (bicyclic) bond motifs is 5. The van der Waals surface area contributed by atoms with Gasteiger partial charge in [-0.25, -0.2) is 0 Å². The van der Waals surface area contributed by atoms with Crippen molar-refractivity contribution < 1.29 is 4.79 Å². The molecule has 98 valence electrons. The van der Waals surface area contributed by atoms with Crippen LogP contribution in [0.25, 0.3) is 0 Å². The summed E-state index contributed by atoms with van der Waals surface area (Å²) < 4.78 is 0. The summed E-state index contributed by atoms with van der Waals surface area (Å²) in [6, 6.07) is 7.35. The predicted octanol–water partition coefficient (Wildman–Crippen LogP) is 3.23. The van der Waals surface area contributed by atoms with Crippen LogP contribution >= 0.6 is 11.6 Å². The highest BCUT2D eigenvalue weighted by Gasteiger charge is 2.50. The van der Waals surface area contributed by atoms with Gasteiger partial charge >= 0.3 is 0 Å². The van der Waals surface area contributed by atoms with Crippen molar-refractivity contribution in [3.8, 4) is 0 Å². The Hall–Kier alpha value is -1.28. The number of carbonyl (C=O) groups is 1. The van der Waals surface area contributed by atoms with Crippen LogP contribution in [0.15, 0.2) is 36.4 Å². The summed E-state index contributed by atoms with van der Waals surface area (Å²) in [6.45, 7) is 1.81. The van der Waals surface area contributed by atoms with Gasteiger partial charge in [-0.2, -0.15) is 0 Å². The van der Waals surface area contributed by atoms with E-state index in [0.717, 1.165) is 13.1 Å². The molecule has 1 aromatic carbocycles. The van der Waals surface area contributed by atoms with Crippen LogP contribution in [0, 0.1) is 23.7 Å². The number of allylic oxidation sites excluding steroid dienone is 2. The average Bonchev–Trinajstić information content (AvgIpc) is 3.10. The molecule has 4 atom stereocenters. The third kappa shape index (κ3) is 1.66. The molecule has 2 nitrogen and oxygen atoms in total. The molecule has 1 aliphatic heterocycles. The third-order valence-electron chi connectivity index (χ3n) is 5.05. The van der Waals surface area contributed by atoms with Gasteiger partial charge in [-0.1, -0.05) is 35.9 Å². The highest BCUT2D eigenvalue weighted by molar-refractivity contribution is 6.33. The molecular weight excluding hydrogens is 258 g/mol. The van der Waals surface area contributed by atoms with Crippen molar-refractivity contribution in [2.75, 3.05) is 13.1 Å². The number of halogens is 1. The lowest BCUT2D eigenvalue weighted by molar-refractivity contribution is 0.0777. The van der Waals surface area contributed by atoms with Gasteiger partial charge in [-0.15, -0.1) is 0 Å². The maximum absolute atomic E-state index is 12.6. The second-order valence-electron chi connectivity index (χ2n) is 5.97. The van der Waals surface area contributed by atoms with Crippen molar-refractivity contribution in [2.24, 2.45) is 23.7 Å². The number of benzene rings is 1. The lowest BCUT2D eigenvalue weighted by atomic mass is 9.86. The zero-order valence-electron chi connectivity index (χ0n) is 10.6. The molecule has 19 heavy (non-hydrogen) atoms. The maximum atomic E-state index is 12.6. The molecule has 2 fully saturated rings. The second kappa shape index (κ2) is 4.11. The van der Waals surface area contributed by atoms with E-state index >= 15 is 0 Å². The highest BCUT2D eigenvalue weighted by Crippen LogP contribution is 2.51. The van der Waals surface area contributed by atoms with E-state index in [1.165, 1.54) is 6.42 Å². The minimum absolute atomic E-state index is 0.0967. The molecule has 3 heteroatoms. The highest BCUT2D eigenvalue weighted by atomic mass is 35.5. The standard InChI is InChI=1S/C16H16ClNO/c17-15-4-2-1-3-12(15)16(19)18-8-13-10-5-6-11(7-10)14(13)9-18/h1-6,10-11,13-14H,7-9H2. The van der Waals surface area contributed by atoms with Crippen molar-refractivity contribution in [1.82, 2.24) is 4.90 Å². The van der Waals surface area contributed by atoms with Crippen molar-refractivity contribution in [3.63, 3.8) is 0 Å². The van der Waals surface area contributed by atoms with E-state index in [0.29, 0.717) is 34.3 Å². The Bertz CT molecular complexity index is 548. The topological polar surface area (TPSA) is 20.3 Å². The van der Waals surface area contributed by atoms with Gasteiger partial charge in [0.25, 0.3) is 5.91 Å². The van der Waals surface area contributed by atoms with E-state index < -0.39 is 0 Å². The van der Waals surface area contributed by atoms with Gasteiger partial charge in [0.05, 0.1) is 10.6 Å². The number of hydrogen-bond donors (Lipinski definition) is 0. The van der Waals surface area contributed by atoms with Crippen LogP contribution in [0.3, 0.4) is 0 Å². The van der Waals surface area contributed by atoms with Gasteiger partial charge in [-0.05, 0) is 42.2 Å². The molecular formula is C16H16ClNO. The van der Waals surface area contributed by atoms with E-state index in [-0.39, 0.29) is 5.91 Å². The normalized spacial score (nSPS) is 34.9. The van der Waals surface area contributed by atoms with Gasteiger partial charge in [0.2, 0.25) is 0 Å². The largest absolute Gasteiger partial charge is 0.338 e. The van der Waals surface area contributed by atoms with E-state index in [2.05, 4.69) is 12.2 Å². The number of carbonyl (C=O) groups excluding carboxylic acids is 1. The van der Waals surface area contributed by atoms with Crippen LogP contribution in [-0.2, 0) is 0 Å². The van der Waals surface area contributed by atoms with Crippen LogP contribution in [0.4, 0.5) is 0 Å². The van der Waals surface area contributed by atoms with Crippen LogP contribution in [-0.4, -0.2) is 23.9 Å². The van der Waals surface area contributed by atoms with Crippen LogP contribution < -0.4 is 0 Å². The Kier molecular flexibility index (Phi) is 2.49. The molecule has 1 saturated carbocycles. The van der Waals surface area contributed by atoms with Gasteiger partial charge in [-0.3, -0.25) is 4.79 Å². The Labute approximate surface area is 118 Å². The molecule has 1 heterocycles. The lowest BCUT2D eigenvalue weighted by Gasteiger charge is -2.19. The summed E-state index contributed by atoms with van der Waals surface area (Å²) >= 11 is 6.13. The first-order valence-corrected chi connectivity index (χ1v) is 7.34. The first-order chi connectivity index (χ1) is 9.24. The Balaban J connectivity index is 1.57. The van der Waals surface area contributed by atoms with E-state index in [4.69, 9.17) is 11.6 Å². The molecule has 0 spiro atoms. The summed E-state index contributed by atoms with van der Waals surface area (Å²) in [5, 5.41) is 0.561. The average molecular weight is 274 g/mol. The molecule has 4 unspecified atom stereocenters. The fourth-order valence-corrected chi connectivity index (χ4v) is 4.34. The number of nitrogens with zero attached hydrogens (tertiary/aromatic N) is 1. The van der Waals surface area contributed by atoms with Crippen LogP contribution in [0.2, 0.25) is 5.02 Å². The monoisotopic (exact) mass is 273 g/mol. The zero-order chi connectivity index (χ0) is 13.0. The molecule has 2 aliphatic carbocycles. The zero-order valence-corrected chi connectivity index (χ0v) is 11.4. The quantitative estimate of drug-likeness (QED) is 0.720. The molecule has 0 N–H and O–H groups in total. The number of hydrogen-bond acceptors (Lipinski definition) is 1. The number of likely N-dealkylation sites (tertiary alicyclic amines) is 1. The first kappa shape index (κ1) is 11.5.